The minimum Gasteiger partial charge on any atom is -0.432 e. The summed E-state index contributed by atoms with van der Waals surface area (Å²) in [7, 11) is -3.94. The van der Waals surface area contributed by atoms with Crippen molar-refractivity contribution in [1.29, 1.82) is 0 Å². The van der Waals surface area contributed by atoms with E-state index in [2.05, 4.69) is 9.46 Å². The highest BCUT2D eigenvalue weighted by atomic mass is 35.5. The largest absolute Gasteiger partial charge is 0.432 e. The van der Waals surface area contributed by atoms with E-state index in [9.17, 15) is 21.6 Å². The Labute approximate surface area is 132 Å². The Hall–Kier alpha value is -1.03. The van der Waals surface area contributed by atoms with Crippen molar-refractivity contribution >= 4 is 22.4 Å². The van der Waals surface area contributed by atoms with Gasteiger partial charge < -0.3 is 10.5 Å². The molecule has 1 atom stereocenters. The third-order valence-electron chi connectivity index (χ3n) is 3.17. The molecule has 1 unspecified atom stereocenters. The van der Waals surface area contributed by atoms with Gasteiger partial charge in [0.2, 0.25) is 10.0 Å². The van der Waals surface area contributed by atoms with Gasteiger partial charge in [-0.1, -0.05) is 0 Å². The van der Waals surface area contributed by atoms with Gasteiger partial charge in [-0.2, -0.15) is 8.78 Å². The molecule has 1 aromatic rings. The van der Waals surface area contributed by atoms with Crippen molar-refractivity contribution in [3.05, 3.63) is 24.0 Å². The number of hydrogen-bond donors (Lipinski definition) is 2. The summed E-state index contributed by atoms with van der Waals surface area (Å²) in [6.45, 7) is -3.14. The van der Waals surface area contributed by atoms with Gasteiger partial charge in [-0.15, -0.1) is 12.4 Å². The fourth-order valence-corrected chi connectivity index (χ4v) is 2.90. The van der Waals surface area contributed by atoms with Crippen LogP contribution in [-0.4, -0.2) is 27.6 Å². The first-order valence-electron chi connectivity index (χ1n) is 6.29. The molecule has 0 bridgehead atoms. The van der Waals surface area contributed by atoms with Crippen molar-refractivity contribution in [3.63, 3.8) is 0 Å². The summed E-state index contributed by atoms with van der Waals surface area (Å²) in [5.74, 6) is -1.57. The van der Waals surface area contributed by atoms with Crippen LogP contribution < -0.4 is 15.2 Å². The number of halogens is 4. The average Bonchev–Trinajstić information content (AvgIpc) is 3.22. The number of hydrogen-bond acceptors (Lipinski definition) is 4. The number of nitrogens with one attached hydrogen (secondary N) is 1. The number of alkyl halides is 2. The Bertz CT molecular complexity index is 612. The van der Waals surface area contributed by atoms with E-state index in [1.165, 1.54) is 0 Å². The van der Waals surface area contributed by atoms with Crippen molar-refractivity contribution in [2.24, 2.45) is 11.7 Å². The van der Waals surface area contributed by atoms with Gasteiger partial charge in [0, 0.05) is 12.6 Å². The van der Waals surface area contributed by atoms with E-state index in [0.29, 0.717) is 12.0 Å². The zero-order valence-corrected chi connectivity index (χ0v) is 13.0. The van der Waals surface area contributed by atoms with Gasteiger partial charge in [0.1, 0.15) is 0 Å². The van der Waals surface area contributed by atoms with Gasteiger partial charge in [0.15, 0.2) is 11.6 Å². The second kappa shape index (κ2) is 7.49. The fourth-order valence-electron chi connectivity index (χ4n) is 1.82. The third kappa shape index (κ3) is 5.01. The summed E-state index contributed by atoms with van der Waals surface area (Å²) in [6.07, 6.45) is 1.94. The van der Waals surface area contributed by atoms with Crippen LogP contribution in [-0.2, 0) is 10.0 Å². The lowest BCUT2D eigenvalue weighted by molar-refractivity contribution is -0.0522. The van der Waals surface area contributed by atoms with Crippen LogP contribution >= 0.6 is 12.4 Å². The molecule has 0 heterocycles. The number of nitrogens with two attached hydrogens (primary N) is 1. The zero-order chi connectivity index (χ0) is 15.6. The van der Waals surface area contributed by atoms with Crippen LogP contribution in [0.15, 0.2) is 23.1 Å². The van der Waals surface area contributed by atoms with E-state index in [1.54, 1.807) is 0 Å². The molecule has 22 heavy (non-hydrogen) atoms. The fraction of sp³-hybridized carbons (Fsp3) is 0.500. The van der Waals surface area contributed by atoms with E-state index in [1.807, 2.05) is 0 Å². The second-order valence-electron chi connectivity index (χ2n) is 4.82. The minimum atomic E-state index is -3.94. The summed E-state index contributed by atoms with van der Waals surface area (Å²) in [4.78, 5) is -0.371. The summed E-state index contributed by atoms with van der Waals surface area (Å²) in [6, 6.07) is 2.18. The molecule has 1 aromatic carbocycles. The molecule has 1 aliphatic carbocycles. The van der Waals surface area contributed by atoms with Crippen LogP contribution in [0.4, 0.5) is 13.2 Å². The molecule has 1 aliphatic rings. The maximum Gasteiger partial charge on any atom is 0.387 e. The number of benzene rings is 1. The smallest absolute Gasteiger partial charge is 0.387 e. The topological polar surface area (TPSA) is 81.4 Å². The first-order chi connectivity index (χ1) is 9.79. The van der Waals surface area contributed by atoms with E-state index in [-0.39, 0.29) is 29.9 Å². The molecule has 2 rings (SSSR count). The Morgan fingerprint density at radius 3 is 2.50 bits per heavy atom. The quantitative estimate of drug-likeness (QED) is 0.777. The molecule has 0 spiro atoms. The van der Waals surface area contributed by atoms with Crippen LogP contribution in [0.5, 0.6) is 5.75 Å². The van der Waals surface area contributed by atoms with E-state index < -0.39 is 28.2 Å². The van der Waals surface area contributed by atoms with Gasteiger partial charge in [-0.25, -0.2) is 17.5 Å². The number of ether oxygens (including phenoxy) is 1. The summed E-state index contributed by atoms with van der Waals surface area (Å²) >= 11 is 0. The Balaban J connectivity index is 0.00000242. The molecule has 10 heteroatoms. The molecule has 3 N–H and O–H groups in total. The summed E-state index contributed by atoms with van der Waals surface area (Å²) < 4.78 is 67.6. The second-order valence-corrected chi connectivity index (χ2v) is 6.59. The molecule has 1 fully saturated rings. The van der Waals surface area contributed by atoms with Crippen LogP contribution in [0.1, 0.15) is 12.8 Å². The molecule has 0 aromatic heterocycles. The normalized spacial score (nSPS) is 16.2. The Morgan fingerprint density at radius 2 is 2.00 bits per heavy atom. The van der Waals surface area contributed by atoms with Crippen molar-refractivity contribution in [2.75, 3.05) is 6.54 Å². The predicted octanol–water partition coefficient (Wildman–Crippen LogP) is 1.86. The maximum absolute atomic E-state index is 13.5. The van der Waals surface area contributed by atoms with Crippen molar-refractivity contribution in [1.82, 2.24) is 4.72 Å². The summed E-state index contributed by atoms with van der Waals surface area (Å²) in [5.41, 5.74) is 5.77. The third-order valence-corrected chi connectivity index (χ3v) is 4.59. The highest BCUT2D eigenvalue weighted by molar-refractivity contribution is 7.89. The standard InChI is InChI=1S/C12H15F3N2O3S.ClH/c13-9-5-8(3-4-11(9)20-12(14)15)21(18,19)17-6-10(16)7-1-2-7;/h3-5,7,10,12,17H,1-2,6,16H2;1H. The van der Waals surface area contributed by atoms with E-state index in [0.717, 1.165) is 25.0 Å². The SMILES string of the molecule is Cl.NC(CNS(=O)(=O)c1ccc(OC(F)F)c(F)c1)C1CC1. The maximum atomic E-state index is 13.5. The highest BCUT2D eigenvalue weighted by Gasteiger charge is 2.29. The zero-order valence-electron chi connectivity index (χ0n) is 11.3. The van der Waals surface area contributed by atoms with Gasteiger partial charge in [-0.05, 0) is 37.0 Å². The van der Waals surface area contributed by atoms with Crippen LogP contribution in [0.2, 0.25) is 0 Å². The van der Waals surface area contributed by atoms with Gasteiger partial charge >= 0.3 is 6.61 Å². The molecule has 1 saturated carbocycles. The minimum absolute atomic E-state index is 0. The lowest BCUT2D eigenvalue weighted by Gasteiger charge is -2.13. The lowest BCUT2D eigenvalue weighted by atomic mass is 10.2. The molecule has 0 amide bonds. The molecule has 0 radical (unpaired) electrons. The van der Waals surface area contributed by atoms with E-state index in [4.69, 9.17) is 5.73 Å². The number of rotatable bonds is 7. The predicted molar refractivity (Wildman–Crippen MR) is 76.2 cm³/mol. The lowest BCUT2D eigenvalue weighted by Crippen LogP contribution is -2.38. The first kappa shape index (κ1) is 19.0. The average molecular weight is 361 g/mol. The van der Waals surface area contributed by atoms with Crippen LogP contribution in [0.25, 0.3) is 0 Å². The Kier molecular flexibility index (Phi) is 6.48. The molecule has 0 aliphatic heterocycles. The first-order valence-corrected chi connectivity index (χ1v) is 7.77. The highest BCUT2D eigenvalue weighted by Crippen LogP contribution is 2.31. The van der Waals surface area contributed by atoms with Crippen LogP contribution in [0.3, 0.4) is 0 Å². The monoisotopic (exact) mass is 360 g/mol. The molecular weight excluding hydrogens is 345 g/mol. The van der Waals surface area contributed by atoms with Crippen LogP contribution in [0, 0.1) is 11.7 Å². The summed E-state index contributed by atoms with van der Waals surface area (Å²) in [5, 5.41) is 0. The van der Waals surface area contributed by atoms with Crippen molar-refractivity contribution < 1.29 is 26.3 Å². The van der Waals surface area contributed by atoms with Gasteiger partial charge in [-0.3, -0.25) is 0 Å². The van der Waals surface area contributed by atoms with Crippen molar-refractivity contribution in [2.45, 2.75) is 30.4 Å². The molecule has 126 valence electrons. The van der Waals surface area contributed by atoms with Gasteiger partial charge in [0.25, 0.3) is 0 Å². The molecule has 5 nitrogen and oxygen atoms in total. The molecular formula is C12H16ClF3N2O3S. The Morgan fingerprint density at radius 1 is 1.36 bits per heavy atom. The molecule has 0 saturated heterocycles. The van der Waals surface area contributed by atoms with Crippen molar-refractivity contribution in [3.8, 4) is 5.75 Å². The number of sulfonamides is 1. The van der Waals surface area contributed by atoms with E-state index >= 15 is 0 Å². The van der Waals surface area contributed by atoms with Gasteiger partial charge in [0.05, 0.1) is 4.90 Å².